The van der Waals surface area contributed by atoms with E-state index in [1.54, 1.807) is 25.1 Å². The molecule has 5 nitrogen and oxygen atoms in total. The molecule has 0 spiro atoms. The number of halogens is 1. The number of carbonyl (C=O) groups excluding carboxylic acids is 2. The zero-order valence-electron chi connectivity index (χ0n) is 12.1. The standard InChI is InChI=1S/C15H17BrO5/c1-5-20-15(18)9(2)14(21-10(3)17)12-8-11(19-4)6-7-13(12)16/h6-8,14H,2,5H2,1,3-4H3. The Labute approximate surface area is 132 Å². The van der Waals surface area contributed by atoms with E-state index in [4.69, 9.17) is 14.2 Å². The molecule has 1 rings (SSSR count). The Morgan fingerprint density at radius 1 is 1.38 bits per heavy atom. The molecular weight excluding hydrogens is 340 g/mol. The Hall–Kier alpha value is -1.82. The lowest BCUT2D eigenvalue weighted by molar-refractivity contribution is -0.147. The molecule has 0 amide bonds. The van der Waals surface area contributed by atoms with Gasteiger partial charge in [-0.25, -0.2) is 4.79 Å². The van der Waals surface area contributed by atoms with Crippen molar-refractivity contribution in [3.05, 3.63) is 40.4 Å². The molecule has 0 N–H and O–H groups in total. The number of benzene rings is 1. The van der Waals surface area contributed by atoms with Crippen molar-refractivity contribution in [1.82, 2.24) is 0 Å². The van der Waals surface area contributed by atoms with Gasteiger partial charge >= 0.3 is 11.9 Å². The molecular formula is C15H17BrO5. The van der Waals surface area contributed by atoms with Crippen molar-refractivity contribution in [2.45, 2.75) is 20.0 Å². The largest absolute Gasteiger partial charge is 0.497 e. The minimum atomic E-state index is -0.939. The molecule has 1 unspecified atom stereocenters. The summed E-state index contributed by atoms with van der Waals surface area (Å²) in [4.78, 5) is 23.2. The molecule has 0 bridgehead atoms. The monoisotopic (exact) mass is 356 g/mol. The van der Waals surface area contributed by atoms with Crippen molar-refractivity contribution in [2.75, 3.05) is 13.7 Å². The van der Waals surface area contributed by atoms with Crippen LogP contribution in [0.5, 0.6) is 5.75 Å². The molecule has 0 saturated heterocycles. The zero-order chi connectivity index (χ0) is 16.0. The predicted octanol–water partition coefficient (Wildman–Crippen LogP) is 3.18. The number of hydrogen-bond donors (Lipinski definition) is 0. The van der Waals surface area contributed by atoms with Gasteiger partial charge in [0.05, 0.1) is 19.3 Å². The smallest absolute Gasteiger partial charge is 0.337 e. The molecule has 0 radical (unpaired) electrons. The number of ether oxygens (including phenoxy) is 3. The van der Waals surface area contributed by atoms with E-state index in [0.29, 0.717) is 15.8 Å². The second-order valence-electron chi connectivity index (χ2n) is 4.12. The minimum Gasteiger partial charge on any atom is -0.497 e. The fourth-order valence-electron chi connectivity index (χ4n) is 1.67. The average molecular weight is 357 g/mol. The lowest BCUT2D eigenvalue weighted by atomic mass is 10.0. The van der Waals surface area contributed by atoms with Gasteiger partial charge in [0.15, 0.2) is 6.10 Å². The molecule has 114 valence electrons. The summed E-state index contributed by atoms with van der Waals surface area (Å²) in [6, 6.07) is 5.15. The van der Waals surface area contributed by atoms with Crippen LogP contribution in [0.3, 0.4) is 0 Å². The molecule has 0 aliphatic rings. The number of methoxy groups -OCH3 is 1. The van der Waals surface area contributed by atoms with E-state index in [-0.39, 0.29) is 12.2 Å². The first-order valence-corrected chi connectivity index (χ1v) is 7.06. The Balaban J connectivity index is 3.21. The number of esters is 2. The van der Waals surface area contributed by atoms with E-state index in [0.717, 1.165) is 0 Å². The van der Waals surface area contributed by atoms with Gasteiger partial charge in [-0.1, -0.05) is 22.5 Å². The van der Waals surface area contributed by atoms with Crippen molar-refractivity contribution in [1.29, 1.82) is 0 Å². The molecule has 0 aromatic heterocycles. The summed E-state index contributed by atoms with van der Waals surface area (Å²) in [6.45, 7) is 6.85. The predicted molar refractivity (Wildman–Crippen MR) is 81.0 cm³/mol. The van der Waals surface area contributed by atoms with Gasteiger partial charge < -0.3 is 14.2 Å². The van der Waals surface area contributed by atoms with Gasteiger partial charge in [-0.15, -0.1) is 0 Å². The Morgan fingerprint density at radius 3 is 2.57 bits per heavy atom. The van der Waals surface area contributed by atoms with Crippen molar-refractivity contribution in [3.63, 3.8) is 0 Å². The summed E-state index contributed by atoms with van der Waals surface area (Å²) >= 11 is 3.37. The highest BCUT2D eigenvalue weighted by atomic mass is 79.9. The van der Waals surface area contributed by atoms with E-state index in [9.17, 15) is 9.59 Å². The molecule has 1 aromatic carbocycles. The molecule has 1 atom stereocenters. The first-order chi connectivity index (χ1) is 9.90. The average Bonchev–Trinajstić information content (AvgIpc) is 2.45. The van der Waals surface area contributed by atoms with E-state index < -0.39 is 18.0 Å². The summed E-state index contributed by atoms with van der Waals surface area (Å²) in [5, 5.41) is 0. The quantitative estimate of drug-likeness (QED) is 0.578. The van der Waals surface area contributed by atoms with Crippen LogP contribution in [-0.2, 0) is 19.1 Å². The lowest BCUT2D eigenvalue weighted by Crippen LogP contribution is -2.18. The highest BCUT2D eigenvalue weighted by molar-refractivity contribution is 9.10. The van der Waals surface area contributed by atoms with Crippen LogP contribution in [0.1, 0.15) is 25.5 Å². The van der Waals surface area contributed by atoms with E-state index in [1.807, 2.05) is 0 Å². The van der Waals surface area contributed by atoms with Gasteiger partial charge in [0.1, 0.15) is 5.75 Å². The third-order valence-electron chi connectivity index (χ3n) is 2.62. The van der Waals surface area contributed by atoms with E-state index in [2.05, 4.69) is 22.5 Å². The van der Waals surface area contributed by atoms with Crippen LogP contribution in [0, 0.1) is 0 Å². The van der Waals surface area contributed by atoms with E-state index >= 15 is 0 Å². The van der Waals surface area contributed by atoms with Crippen LogP contribution in [-0.4, -0.2) is 25.7 Å². The first-order valence-electron chi connectivity index (χ1n) is 6.27. The Morgan fingerprint density at radius 2 is 2.05 bits per heavy atom. The highest BCUT2D eigenvalue weighted by Crippen LogP contribution is 2.34. The van der Waals surface area contributed by atoms with Gasteiger partial charge in [-0.3, -0.25) is 4.79 Å². The minimum absolute atomic E-state index is 0.0426. The summed E-state index contributed by atoms with van der Waals surface area (Å²) in [7, 11) is 1.52. The van der Waals surface area contributed by atoms with Crippen molar-refractivity contribution in [3.8, 4) is 5.75 Å². The maximum absolute atomic E-state index is 11.8. The second kappa shape index (κ2) is 7.83. The fourth-order valence-corrected chi connectivity index (χ4v) is 2.12. The van der Waals surface area contributed by atoms with Gasteiger partial charge in [-0.05, 0) is 25.1 Å². The highest BCUT2D eigenvalue weighted by Gasteiger charge is 2.27. The normalized spacial score (nSPS) is 11.4. The topological polar surface area (TPSA) is 61.8 Å². The van der Waals surface area contributed by atoms with Crippen LogP contribution in [0.15, 0.2) is 34.8 Å². The molecule has 21 heavy (non-hydrogen) atoms. The first kappa shape index (κ1) is 17.2. The van der Waals surface area contributed by atoms with Crippen LogP contribution >= 0.6 is 15.9 Å². The number of carbonyl (C=O) groups is 2. The number of rotatable bonds is 6. The summed E-state index contributed by atoms with van der Waals surface area (Å²) in [5.41, 5.74) is 0.601. The summed E-state index contributed by atoms with van der Waals surface area (Å²) in [5.74, 6) is -0.569. The van der Waals surface area contributed by atoms with Crippen molar-refractivity contribution < 1.29 is 23.8 Å². The van der Waals surface area contributed by atoms with E-state index in [1.165, 1.54) is 14.0 Å². The van der Waals surface area contributed by atoms with Crippen LogP contribution < -0.4 is 4.74 Å². The maximum atomic E-state index is 11.8. The fraction of sp³-hybridized carbons (Fsp3) is 0.333. The third kappa shape index (κ3) is 4.60. The van der Waals surface area contributed by atoms with Crippen LogP contribution in [0.2, 0.25) is 0 Å². The van der Waals surface area contributed by atoms with Gasteiger partial charge in [0.2, 0.25) is 0 Å². The second-order valence-corrected chi connectivity index (χ2v) is 4.98. The number of hydrogen-bond acceptors (Lipinski definition) is 5. The molecule has 0 aliphatic carbocycles. The van der Waals surface area contributed by atoms with Crippen LogP contribution in [0.4, 0.5) is 0 Å². The molecule has 6 heteroatoms. The Bertz CT molecular complexity index is 553. The molecule has 0 heterocycles. The molecule has 0 saturated carbocycles. The third-order valence-corrected chi connectivity index (χ3v) is 3.35. The van der Waals surface area contributed by atoms with Gasteiger partial charge in [0, 0.05) is 17.0 Å². The molecule has 1 aromatic rings. The SMILES string of the molecule is C=C(C(=O)OCC)C(OC(C)=O)c1cc(OC)ccc1Br. The van der Waals surface area contributed by atoms with Crippen LogP contribution in [0.25, 0.3) is 0 Å². The summed E-state index contributed by atoms with van der Waals surface area (Å²) in [6.07, 6.45) is -0.939. The maximum Gasteiger partial charge on any atom is 0.337 e. The zero-order valence-corrected chi connectivity index (χ0v) is 13.7. The molecule has 0 aliphatic heterocycles. The lowest BCUT2D eigenvalue weighted by Gasteiger charge is -2.20. The van der Waals surface area contributed by atoms with Crippen molar-refractivity contribution in [2.24, 2.45) is 0 Å². The van der Waals surface area contributed by atoms with Crippen molar-refractivity contribution >= 4 is 27.9 Å². The molecule has 0 fully saturated rings. The van der Waals surface area contributed by atoms with Gasteiger partial charge in [0.25, 0.3) is 0 Å². The van der Waals surface area contributed by atoms with Gasteiger partial charge in [-0.2, -0.15) is 0 Å². The Kier molecular flexibility index (Phi) is 6.42. The summed E-state index contributed by atoms with van der Waals surface area (Å²) < 4.78 is 15.9.